The van der Waals surface area contributed by atoms with E-state index in [2.05, 4.69) is 0 Å². The molecule has 0 fully saturated rings. The van der Waals surface area contributed by atoms with Crippen molar-refractivity contribution in [1.29, 1.82) is 0 Å². The molecule has 0 bridgehead atoms. The van der Waals surface area contributed by atoms with Crippen molar-refractivity contribution in [2.75, 3.05) is 18.6 Å². The second-order valence-electron chi connectivity index (χ2n) is 3.36. The highest BCUT2D eigenvalue weighted by Gasteiger charge is 2.31. The maximum absolute atomic E-state index is 13.3. The van der Waals surface area contributed by atoms with Gasteiger partial charge in [0.15, 0.2) is 17.6 Å². The third-order valence-corrected chi connectivity index (χ3v) is 2.46. The van der Waals surface area contributed by atoms with Gasteiger partial charge in [-0.1, -0.05) is 6.07 Å². The van der Waals surface area contributed by atoms with Crippen molar-refractivity contribution in [2.45, 2.75) is 6.04 Å². The van der Waals surface area contributed by atoms with Crippen LogP contribution in [0.2, 0.25) is 0 Å². The van der Waals surface area contributed by atoms with Crippen LogP contribution < -0.4 is 9.64 Å². The van der Waals surface area contributed by atoms with Crippen LogP contribution in [0.15, 0.2) is 18.2 Å². The molecule has 1 unspecified atom stereocenters. The van der Waals surface area contributed by atoms with Gasteiger partial charge in [0.25, 0.3) is 0 Å². The van der Waals surface area contributed by atoms with E-state index in [-0.39, 0.29) is 12.4 Å². The van der Waals surface area contributed by atoms with Crippen molar-refractivity contribution >= 4 is 11.7 Å². The molecule has 5 heteroatoms. The second-order valence-corrected chi connectivity index (χ2v) is 3.36. The number of carboxylic acid groups (broad SMARTS) is 1. The van der Waals surface area contributed by atoms with E-state index >= 15 is 0 Å². The molecule has 2 rings (SSSR count). The number of para-hydroxylation sites is 1. The molecule has 4 nitrogen and oxygen atoms in total. The number of hydrogen-bond donors (Lipinski definition) is 1. The van der Waals surface area contributed by atoms with Gasteiger partial charge in [-0.15, -0.1) is 0 Å². The third kappa shape index (κ3) is 1.49. The third-order valence-electron chi connectivity index (χ3n) is 2.46. The Kier molecular flexibility index (Phi) is 2.22. The SMILES string of the molecule is CN1c2cccc(F)c2OCC1C(=O)O. The minimum absolute atomic E-state index is 0.0419. The van der Waals surface area contributed by atoms with Gasteiger partial charge in [0.1, 0.15) is 6.61 Å². The molecule has 0 amide bonds. The summed E-state index contributed by atoms with van der Waals surface area (Å²) in [6, 6.07) is 3.68. The number of likely N-dealkylation sites (N-methyl/N-ethyl adjacent to an activating group) is 1. The summed E-state index contributed by atoms with van der Waals surface area (Å²) in [6.07, 6.45) is 0. The Morgan fingerprint density at radius 2 is 2.40 bits per heavy atom. The van der Waals surface area contributed by atoms with Crippen LogP contribution in [0.25, 0.3) is 0 Å². The molecular formula is C10H10FNO3. The van der Waals surface area contributed by atoms with Gasteiger partial charge < -0.3 is 14.7 Å². The highest BCUT2D eigenvalue weighted by molar-refractivity contribution is 5.80. The Labute approximate surface area is 85.9 Å². The zero-order valence-corrected chi connectivity index (χ0v) is 8.11. The standard InChI is InChI=1S/C10H10FNO3/c1-12-7-4-2-3-6(11)9(7)15-5-8(12)10(13)14/h2-4,8H,5H2,1H3,(H,13,14). The van der Waals surface area contributed by atoms with E-state index in [1.165, 1.54) is 17.0 Å². The lowest BCUT2D eigenvalue weighted by Gasteiger charge is -2.33. The zero-order chi connectivity index (χ0) is 11.0. The highest BCUT2D eigenvalue weighted by Crippen LogP contribution is 2.34. The normalized spacial score (nSPS) is 19.3. The first kappa shape index (κ1) is 9.76. The minimum atomic E-state index is -0.979. The molecule has 0 saturated heterocycles. The van der Waals surface area contributed by atoms with Crippen molar-refractivity contribution in [3.63, 3.8) is 0 Å². The fraction of sp³-hybridized carbons (Fsp3) is 0.300. The first-order chi connectivity index (χ1) is 7.11. The van der Waals surface area contributed by atoms with Crippen LogP contribution in [-0.4, -0.2) is 30.8 Å². The van der Waals surface area contributed by atoms with Crippen LogP contribution in [-0.2, 0) is 4.79 Å². The molecule has 0 aliphatic carbocycles. The van der Waals surface area contributed by atoms with Crippen LogP contribution in [0.1, 0.15) is 0 Å². The first-order valence-corrected chi connectivity index (χ1v) is 4.48. The van der Waals surface area contributed by atoms with Crippen LogP contribution in [0.4, 0.5) is 10.1 Å². The lowest BCUT2D eigenvalue weighted by Crippen LogP contribution is -2.46. The van der Waals surface area contributed by atoms with E-state index < -0.39 is 17.8 Å². The first-order valence-electron chi connectivity index (χ1n) is 4.48. The van der Waals surface area contributed by atoms with Crippen molar-refractivity contribution in [3.05, 3.63) is 24.0 Å². The van der Waals surface area contributed by atoms with E-state index in [1.807, 2.05) is 0 Å². The van der Waals surface area contributed by atoms with Crippen molar-refractivity contribution < 1.29 is 19.0 Å². The average Bonchev–Trinajstić information content (AvgIpc) is 2.19. The molecule has 0 saturated carbocycles. The van der Waals surface area contributed by atoms with Gasteiger partial charge in [0.2, 0.25) is 0 Å². The number of ether oxygens (including phenoxy) is 1. The number of aliphatic carboxylic acids is 1. The summed E-state index contributed by atoms with van der Waals surface area (Å²) in [5.74, 6) is -1.33. The summed E-state index contributed by atoms with van der Waals surface area (Å²) < 4.78 is 18.4. The van der Waals surface area contributed by atoms with Gasteiger partial charge in [-0.3, -0.25) is 0 Å². The van der Waals surface area contributed by atoms with Crippen LogP contribution in [0.3, 0.4) is 0 Å². The Bertz CT molecular complexity index is 408. The molecule has 1 heterocycles. The molecule has 80 valence electrons. The monoisotopic (exact) mass is 211 g/mol. The summed E-state index contributed by atoms with van der Waals surface area (Å²) in [4.78, 5) is 12.3. The van der Waals surface area contributed by atoms with Gasteiger partial charge in [-0.2, -0.15) is 0 Å². The van der Waals surface area contributed by atoms with Crippen molar-refractivity contribution in [2.24, 2.45) is 0 Å². The Balaban J connectivity index is 2.42. The summed E-state index contributed by atoms with van der Waals surface area (Å²) in [7, 11) is 1.61. The summed E-state index contributed by atoms with van der Waals surface area (Å²) in [6.45, 7) is -0.0419. The number of anilines is 1. The summed E-state index contributed by atoms with van der Waals surface area (Å²) in [5.41, 5.74) is 0.466. The predicted octanol–water partition coefficient (Wildman–Crippen LogP) is 1.11. The quantitative estimate of drug-likeness (QED) is 0.755. The van der Waals surface area contributed by atoms with Crippen LogP contribution in [0.5, 0.6) is 5.75 Å². The number of halogens is 1. The van der Waals surface area contributed by atoms with Crippen molar-refractivity contribution in [3.8, 4) is 5.75 Å². The maximum atomic E-state index is 13.3. The van der Waals surface area contributed by atoms with E-state index in [0.29, 0.717) is 5.69 Å². The Morgan fingerprint density at radius 3 is 3.07 bits per heavy atom. The maximum Gasteiger partial charge on any atom is 0.329 e. The Morgan fingerprint density at radius 1 is 1.67 bits per heavy atom. The molecule has 0 radical (unpaired) electrons. The molecule has 0 aromatic heterocycles. The number of nitrogens with zero attached hydrogens (tertiary/aromatic N) is 1. The number of benzene rings is 1. The molecule has 1 aromatic carbocycles. The Hall–Kier alpha value is -1.78. The van der Waals surface area contributed by atoms with E-state index in [9.17, 15) is 9.18 Å². The summed E-state index contributed by atoms with van der Waals surface area (Å²) >= 11 is 0. The smallest absolute Gasteiger partial charge is 0.329 e. The van der Waals surface area contributed by atoms with Gasteiger partial charge in [0, 0.05) is 7.05 Å². The number of fused-ring (bicyclic) bond motifs is 1. The molecule has 1 N–H and O–H groups in total. The van der Waals surface area contributed by atoms with E-state index in [0.717, 1.165) is 0 Å². The van der Waals surface area contributed by atoms with Gasteiger partial charge in [0.05, 0.1) is 5.69 Å². The fourth-order valence-electron chi connectivity index (χ4n) is 1.60. The fourth-order valence-corrected chi connectivity index (χ4v) is 1.60. The zero-order valence-electron chi connectivity index (χ0n) is 8.11. The number of carboxylic acids is 1. The van der Waals surface area contributed by atoms with Crippen LogP contribution in [0, 0.1) is 5.82 Å². The molecule has 0 spiro atoms. The molecule has 1 aliphatic heterocycles. The van der Waals surface area contributed by atoms with E-state index in [4.69, 9.17) is 9.84 Å². The number of rotatable bonds is 1. The molecule has 1 aliphatic rings. The largest absolute Gasteiger partial charge is 0.486 e. The van der Waals surface area contributed by atoms with E-state index in [1.54, 1.807) is 13.1 Å². The topological polar surface area (TPSA) is 49.8 Å². The van der Waals surface area contributed by atoms with Gasteiger partial charge in [-0.05, 0) is 12.1 Å². The predicted molar refractivity (Wildman–Crippen MR) is 51.7 cm³/mol. The number of carbonyl (C=O) groups is 1. The highest BCUT2D eigenvalue weighted by atomic mass is 19.1. The molecule has 1 atom stereocenters. The molecule has 1 aromatic rings. The second kappa shape index (κ2) is 3.42. The molecule has 15 heavy (non-hydrogen) atoms. The molecular weight excluding hydrogens is 201 g/mol. The minimum Gasteiger partial charge on any atom is -0.486 e. The van der Waals surface area contributed by atoms with Crippen molar-refractivity contribution in [1.82, 2.24) is 0 Å². The van der Waals surface area contributed by atoms with Gasteiger partial charge >= 0.3 is 5.97 Å². The lowest BCUT2D eigenvalue weighted by atomic mass is 10.1. The van der Waals surface area contributed by atoms with Gasteiger partial charge in [-0.25, -0.2) is 9.18 Å². The van der Waals surface area contributed by atoms with Crippen LogP contribution >= 0.6 is 0 Å². The lowest BCUT2D eigenvalue weighted by molar-refractivity contribution is -0.139. The average molecular weight is 211 g/mol. The summed E-state index contributed by atoms with van der Waals surface area (Å²) in [5, 5.41) is 8.89. The number of hydrogen-bond acceptors (Lipinski definition) is 3.